The van der Waals surface area contributed by atoms with Crippen LogP contribution < -0.4 is 11.3 Å². The Balaban J connectivity index is 3.08. The van der Waals surface area contributed by atoms with Gasteiger partial charge in [0.2, 0.25) is 0 Å². The molecule has 5 nitrogen and oxygen atoms in total. The Kier molecular flexibility index (Phi) is 5.31. The fourth-order valence-corrected chi connectivity index (χ4v) is 1.58. The standard InChI is InChI=1S/C12H22N4O/c1-5-10(17-6-2)12-14-9(8(3)4)7-11(15-12)16-13/h7-8,10H,5-6,13H2,1-4H3,(H,14,15,16). The van der Waals surface area contributed by atoms with Crippen molar-refractivity contribution < 1.29 is 4.74 Å². The molecule has 0 radical (unpaired) electrons. The van der Waals surface area contributed by atoms with E-state index in [1.54, 1.807) is 0 Å². The highest BCUT2D eigenvalue weighted by Crippen LogP contribution is 2.22. The van der Waals surface area contributed by atoms with Crippen LogP contribution in [0.5, 0.6) is 0 Å². The lowest BCUT2D eigenvalue weighted by Gasteiger charge is -2.16. The van der Waals surface area contributed by atoms with E-state index in [1.807, 2.05) is 13.0 Å². The van der Waals surface area contributed by atoms with Crippen molar-refractivity contribution in [1.29, 1.82) is 0 Å². The van der Waals surface area contributed by atoms with Gasteiger partial charge in [0.1, 0.15) is 11.9 Å². The maximum Gasteiger partial charge on any atom is 0.159 e. The van der Waals surface area contributed by atoms with E-state index < -0.39 is 0 Å². The van der Waals surface area contributed by atoms with Crippen molar-refractivity contribution in [2.24, 2.45) is 5.84 Å². The first-order chi connectivity index (χ1) is 8.12. The minimum atomic E-state index is -0.0641. The smallest absolute Gasteiger partial charge is 0.159 e. The van der Waals surface area contributed by atoms with E-state index in [1.165, 1.54) is 0 Å². The van der Waals surface area contributed by atoms with Crippen LogP contribution in [0.2, 0.25) is 0 Å². The summed E-state index contributed by atoms with van der Waals surface area (Å²) >= 11 is 0. The zero-order valence-corrected chi connectivity index (χ0v) is 11.0. The third kappa shape index (κ3) is 3.64. The van der Waals surface area contributed by atoms with Crippen LogP contribution in [0.1, 0.15) is 57.7 Å². The zero-order chi connectivity index (χ0) is 12.8. The molecule has 0 saturated carbocycles. The highest BCUT2D eigenvalue weighted by molar-refractivity contribution is 5.35. The van der Waals surface area contributed by atoms with Gasteiger partial charge in [-0.15, -0.1) is 0 Å². The van der Waals surface area contributed by atoms with Gasteiger partial charge in [-0.1, -0.05) is 20.8 Å². The van der Waals surface area contributed by atoms with Gasteiger partial charge in [0, 0.05) is 18.4 Å². The topological polar surface area (TPSA) is 73.1 Å². The zero-order valence-electron chi connectivity index (χ0n) is 11.0. The van der Waals surface area contributed by atoms with Crippen LogP contribution in [0.3, 0.4) is 0 Å². The van der Waals surface area contributed by atoms with Gasteiger partial charge in [0.15, 0.2) is 5.82 Å². The summed E-state index contributed by atoms with van der Waals surface area (Å²) in [5, 5.41) is 0. The number of hydrazine groups is 1. The molecule has 0 amide bonds. The molecule has 0 aliphatic rings. The molecule has 0 spiro atoms. The highest BCUT2D eigenvalue weighted by Gasteiger charge is 2.15. The van der Waals surface area contributed by atoms with Gasteiger partial charge < -0.3 is 10.2 Å². The Hall–Kier alpha value is -1.20. The van der Waals surface area contributed by atoms with Crippen LogP contribution in [0, 0.1) is 0 Å². The van der Waals surface area contributed by atoms with Crippen LogP contribution in [0.25, 0.3) is 0 Å². The molecule has 0 aliphatic heterocycles. The second kappa shape index (κ2) is 6.51. The molecule has 5 heteroatoms. The molecule has 0 saturated heterocycles. The SMILES string of the molecule is CCOC(CC)c1nc(NN)cc(C(C)C)n1. The summed E-state index contributed by atoms with van der Waals surface area (Å²) in [5.74, 6) is 7.10. The maximum absolute atomic E-state index is 5.62. The van der Waals surface area contributed by atoms with Crippen molar-refractivity contribution in [3.63, 3.8) is 0 Å². The monoisotopic (exact) mass is 238 g/mol. The normalized spacial score (nSPS) is 12.8. The molecule has 1 heterocycles. The minimum absolute atomic E-state index is 0.0641. The van der Waals surface area contributed by atoms with E-state index in [9.17, 15) is 0 Å². The Morgan fingerprint density at radius 2 is 2.06 bits per heavy atom. The molecule has 3 N–H and O–H groups in total. The van der Waals surface area contributed by atoms with Crippen molar-refractivity contribution >= 4 is 5.82 Å². The molecular weight excluding hydrogens is 216 g/mol. The molecule has 0 aromatic carbocycles. The van der Waals surface area contributed by atoms with Gasteiger partial charge in [0.05, 0.1) is 0 Å². The summed E-state index contributed by atoms with van der Waals surface area (Å²) in [6, 6.07) is 1.87. The van der Waals surface area contributed by atoms with Gasteiger partial charge in [0.25, 0.3) is 0 Å². The molecular formula is C12H22N4O. The molecule has 0 bridgehead atoms. The molecule has 1 aromatic heterocycles. The van der Waals surface area contributed by atoms with E-state index in [0.717, 1.165) is 12.1 Å². The molecule has 0 aliphatic carbocycles. The van der Waals surface area contributed by atoms with Gasteiger partial charge in [-0.25, -0.2) is 15.8 Å². The number of rotatable bonds is 6. The summed E-state index contributed by atoms with van der Waals surface area (Å²) < 4.78 is 5.62. The first kappa shape index (κ1) is 13.9. The first-order valence-electron chi connectivity index (χ1n) is 6.09. The lowest BCUT2D eigenvalue weighted by Crippen LogP contribution is -2.15. The number of anilines is 1. The van der Waals surface area contributed by atoms with Crippen LogP contribution in [-0.2, 0) is 4.74 Å². The van der Waals surface area contributed by atoms with E-state index in [0.29, 0.717) is 24.2 Å². The molecule has 1 rings (SSSR count). The summed E-state index contributed by atoms with van der Waals surface area (Å²) in [7, 11) is 0. The lowest BCUT2D eigenvalue weighted by molar-refractivity contribution is 0.0534. The first-order valence-corrected chi connectivity index (χ1v) is 6.09. The number of hydrogen-bond donors (Lipinski definition) is 2. The second-order valence-electron chi connectivity index (χ2n) is 4.19. The molecule has 0 fully saturated rings. The van der Waals surface area contributed by atoms with Gasteiger partial charge >= 0.3 is 0 Å². The third-order valence-electron chi connectivity index (χ3n) is 2.53. The summed E-state index contributed by atoms with van der Waals surface area (Å²) in [6.45, 7) is 8.86. The fraction of sp³-hybridized carbons (Fsp3) is 0.667. The molecule has 96 valence electrons. The Morgan fingerprint density at radius 1 is 1.35 bits per heavy atom. The van der Waals surface area contributed by atoms with Gasteiger partial charge in [-0.2, -0.15) is 0 Å². The maximum atomic E-state index is 5.62. The molecule has 1 unspecified atom stereocenters. The number of nitrogens with two attached hydrogens (primary N) is 1. The van der Waals surface area contributed by atoms with Gasteiger partial charge in [-0.3, -0.25) is 0 Å². The number of aromatic nitrogens is 2. The Morgan fingerprint density at radius 3 is 2.53 bits per heavy atom. The fourth-order valence-electron chi connectivity index (χ4n) is 1.58. The second-order valence-corrected chi connectivity index (χ2v) is 4.19. The number of nitrogen functional groups attached to an aromatic ring is 1. The largest absolute Gasteiger partial charge is 0.371 e. The number of nitrogens with zero attached hydrogens (tertiary/aromatic N) is 2. The van der Waals surface area contributed by atoms with Crippen LogP contribution in [0.15, 0.2) is 6.07 Å². The van der Waals surface area contributed by atoms with Crippen LogP contribution in [-0.4, -0.2) is 16.6 Å². The molecule has 1 atom stereocenters. The van der Waals surface area contributed by atoms with Crippen molar-refractivity contribution in [2.45, 2.75) is 46.1 Å². The average molecular weight is 238 g/mol. The lowest BCUT2D eigenvalue weighted by atomic mass is 10.1. The minimum Gasteiger partial charge on any atom is -0.371 e. The van der Waals surface area contributed by atoms with E-state index >= 15 is 0 Å². The molecule has 1 aromatic rings. The summed E-state index contributed by atoms with van der Waals surface area (Å²) in [5.41, 5.74) is 3.55. The Bertz CT molecular complexity index is 354. The van der Waals surface area contributed by atoms with E-state index in [-0.39, 0.29) is 6.10 Å². The van der Waals surface area contributed by atoms with Crippen LogP contribution >= 0.6 is 0 Å². The highest BCUT2D eigenvalue weighted by atomic mass is 16.5. The van der Waals surface area contributed by atoms with E-state index in [4.69, 9.17) is 10.6 Å². The third-order valence-corrected chi connectivity index (χ3v) is 2.53. The predicted octanol–water partition coefficient (Wildman–Crippen LogP) is 2.37. The number of hydrogen-bond acceptors (Lipinski definition) is 5. The van der Waals surface area contributed by atoms with E-state index in [2.05, 4.69) is 36.2 Å². The Labute approximate surface area is 103 Å². The van der Waals surface area contributed by atoms with Crippen molar-refractivity contribution in [2.75, 3.05) is 12.0 Å². The predicted molar refractivity (Wildman–Crippen MR) is 68.6 cm³/mol. The van der Waals surface area contributed by atoms with Crippen LogP contribution in [0.4, 0.5) is 5.82 Å². The van der Waals surface area contributed by atoms with Crippen molar-refractivity contribution in [3.05, 3.63) is 17.6 Å². The van der Waals surface area contributed by atoms with Crippen molar-refractivity contribution in [3.8, 4) is 0 Å². The average Bonchev–Trinajstić information content (AvgIpc) is 2.35. The van der Waals surface area contributed by atoms with Gasteiger partial charge in [-0.05, 0) is 19.3 Å². The number of ether oxygens (including phenoxy) is 1. The quantitative estimate of drug-likeness (QED) is 0.588. The number of nitrogens with one attached hydrogen (secondary N) is 1. The molecule has 17 heavy (non-hydrogen) atoms. The summed E-state index contributed by atoms with van der Waals surface area (Å²) in [4.78, 5) is 8.89. The summed E-state index contributed by atoms with van der Waals surface area (Å²) in [6.07, 6.45) is 0.783. The van der Waals surface area contributed by atoms with Crippen molar-refractivity contribution in [1.82, 2.24) is 9.97 Å².